The molecular formula is C25H19ClF3N3O6S. The molecule has 0 fully saturated rings. The molecule has 0 amide bonds. The lowest BCUT2D eigenvalue weighted by Crippen LogP contribution is -2.34. The number of aryl methyl sites for hydroxylation is 1. The number of halogens is 4. The third-order valence-electron chi connectivity index (χ3n) is 5.97. The van der Waals surface area contributed by atoms with E-state index in [2.05, 4.69) is 10.3 Å². The Morgan fingerprint density at radius 2 is 1.74 bits per heavy atom. The maximum Gasteiger partial charge on any atom is 0.417 e. The van der Waals surface area contributed by atoms with Crippen molar-refractivity contribution in [1.82, 2.24) is 15.0 Å². The molecule has 39 heavy (non-hydrogen) atoms. The number of ether oxygens (including phenoxy) is 1. The number of benzene rings is 3. The number of aliphatic carboxylic acids is 1. The second kappa shape index (κ2) is 10.7. The minimum atomic E-state index is -4.69. The molecule has 204 valence electrons. The highest BCUT2D eigenvalue weighted by Gasteiger charge is 2.35. The van der Waals surface area contributed by atoms with Crippen molar-refractivity contribution < 1.29 is 36.2 Å². The Morgan fingerprint density at radius 3 is 2.36 bits per heavy atom. The summed E-state index contributed by atoms with van der Waals surface area (Å²) in [5.41, 5.74) is -0.976. The number of carboxylic acids is 1. The summed E-state index contributed by atoms with van der Waals surface area (Å²) in [6, 6.07) is 12.6. The van der Waals surface area contributed by atoms with Crippen LogP contribution < -0.4 is 10.3 Å². The zero-order chi connectivity index (χ0) is 28.5. The van der Waals surface area contributed by atoms with Crippen molar-refractivity contribution >= 4 is 38.3 Å². The molecule has 0 bridgehead atoms. The lowest BCUT2D eigenvalue weighted by atomic mass is 10.0. The summed E-state index contributed by atoms with van der Waals surface area (Å²) >= 11 is 5.65. The molecule has 0 saturated heterocycles. The van der Waals surface area contributed by atoms with Gasteiger partial charge in [0.1, 0.15) is 11.3 Å². The van der Waals surface area contributed by atoms with Crippen LogP contribution in [-0.4, -0.2) is 46.8 Å². The predicted molar refractivity (Wildman–Crippen MR) is 135 cm³/mol. The molecule has 1 N–H and O–H groups in total. The van der Waals surface area contributed by atoms with Gasteiger partial charge in [0.2, 0.25) is 0 Å². The van der Waals surface area contributed by atoms with Crippen molar-refractivity contribution in [3.63, 3.8) is 0 Å². The summed E-state index contributed by atoms with van der Waals surface area (Å²) in [5.74, 6) is -1.25. The van der Waals surface area contributed by atoms with Crippen molar-refractivity contribution in [2.24, 2.45) is 0 Å². The Labute approximate surface area is 224 Å². The molecule has 4 rings (SSSR count). The van der Waals surface area contributed by atoms with E-state index >= 15 is 0 Å². The number of alkyl halides is 3. The lowest BCUT2D eigenvalue weighted by molar-refractivity contribution is -0.138. The van der Waals surface area contributed by atoms with Crippen molar-refractivity contribution in [2.75, 3.05) is 7.11 Å². The third-order valence-corrected chi connectivity index (χ3v) is 8.42. The van der Waals surface area contributed by atoms with Crippen LogP contribution in [0.3, 0.4) is 0 Å². The van der Waals surface area contributed by atoms with Gasteiger partial charge in [-0.15, -0.1) is 5.10 Å². The molecule has 4 aromatic rings. The molecule has 1 aromatic heterocycles. The average molecular weight is 582 g/mol. The van der Waals surface area contributed by atoms with E-state index in [0.717, 1.165) is 28.9 Å². The van der Waals surface area contributed by atoms with E-state index in [1.807, 2.05) is 0 Å². The van der Waals surface area contributed by atoms with Gasteiger partial charge in [-0.05, 0) is 60.0 Å². The molecule has 3 aromatic carbocycles. The van der Waals surface area contributed by atoms with E-state index in [-0.39, 0.29) is 33.5 Å². The standard InChI is InChI=1S/C25H19ClF3N3O6S/c1-38-16-5-9-21-18(13-16)23(33)32(31-30-21)11-10-22(24(34)35)39(36,37)17-6-2-14(3-7-17)15-4-8-20(26)19(12-15)25(27,28)29/h2-9,12-13,22H,10-11H2,1H3,(H,34,35). The predicted octanol–water partition coefficient (Wildman–Crippen LogP) is 4.46. The fraction of sp³-hybridized carbons (Fsp3) is 0.200. The Bertz CT molecular complexity index is 1720. The van der Waals surface area contributed by atoms with Gasteiger partial charge in [0, 0.05) is 6.54 Å². The number of methoxy groups -OCH3 is 1. The molecule has 0 aliphatic rings. The Balaban J connectivity index is 1.60. The number of hydrogen-bond acceptors (Lipinski definition) is 7. The summed E-state index contributed by atoms with van der Waals surface area (Å²) in [4.78, 5) is 24.4. The first-order valence-electron chi connectivity index (χ1n) is 11.2. The molecule has 0 spiro atoms. The number of aromatic nitrogens is 3. The fourth-order valence-electron chi connectivity index (χ4n) is 3.90. The smallest absolute Gasteiger partial charge is 0.417 e. The average Bonchev–Trinajstić information content (AvgIpc) is 2.89. The molecule has 9 nitrogen and oxygen atoms in total. The summed E-state index contributed by atoms with van der Waals surface area (Å²) in [7, 11) is -3.04. The van der Waals surface area contributed by atoms with Crippen LogP contribution in [0.5, 0.6) is 5.75 Å². The summed E-state index contributed by atoms with van der Waals surface area (Å²) in [6.07, 6.45) is -5.19. The van der Waals surface area contributed by atoms with Gasteiger partial charge >= 0.3 is 12.1 Å². The van der Waals surface area contributed by atoms with E-state index in [1.54, 1.807) is 6.07 Å². The first kappa shape index (κ1) is 28.0. The monoisotopic (exact) mass is 581 g/mol. The van der Waals surface area contributed by atoms with Gasteiger partial charge in [0.05, 0.1) is 28.0 Å². The van der Waals surface area contributed by atoms with Crippen LogP contribution in [0.1, 0.15) is 12.0 Å². The fourth-order valence-corrected chi connectivity index (χ4v) is 5.65. The Morgan fingerprint density at radius 1 is 1.08 bits per heavy atom. The van der Waals surface area contributed by atoms with E-state index < -0.39 is 49.8 Å². The van der Waals surface area contributed by atoms with Crippen LogP contribution in [-0.2, 0) is 27.4 Å². The number of hydrogen-bond donors (Lipinski definition) is 1. The van der Waals surface area contributed by atoms with Crippen LogP contribution >= 0.6 is 11.6 Å². The molecule has 1 atom stereocenters. The van der Waals surface area contributed by atoms with E-state index in [0.29, 0.717) is 5.75 Å². The minimum Gasteiger partial charge on any atom is -0.497 e. The Kier molecular flexibility index (Phi) is 7.66. The normalized spacial score (nSPS) is 12.8. The first-order chi connectivity index (χ1) is 18.3. The topological polar surface area (TPSA) is 128 Å². The number of nitrogens with zero attached hydrogens (tertiary/aromatic N) is 3. The number of carboxylic acid groups (broad SMARTS) is 1. The van der Waals surface area contributed by atoms with Crippen LogP contribution in [0, 0.1) is 0 Å². The molecule has 1 heterocycles. The van der Waals surface area contributed by atoms with Crippen molar-refractivity contribution in [3.05, 3.63) is 81.6 Å². The third kappa shape index (κ3) is 5.73. The molecule has 0 aliphatic carbocycles. The minimum absolute atomic E-state index is 0.136. The van der Waals surface area contributed by atoms with Gasteiger partial charge < -0.3 is 9.84 Å². The van der Waals surface area contributed by atoms with Crippen molar-refractivity contribution in [3.8, 4) is 16.9 Å². The lowest BCUT2D eigenvalue weighted by Gasteiger charge is -2.15. The van der Waals surface area contributed by atoms with Crippen LogP contribution in [0.2, 0.25) is 5.02 Å². The maximum atomic E-state index is 13.2. The zero-order valence-electron chi connectivity index (χ0n) is 20.0. The molecule has 0 radical (unpaired) electrons. The summed E-state index contributed by atoms with van der Waals surface area (Å²) in [5, 5.41) is 15.1. The van der Waals surface area contributed by atoms with Gasteiger partial charge in [0.15, 0.2) is 15.1 Å². The number of sulfone groups is 1. The van der Waals surface area contributed by atoms with Gasteiger partial charge in [-0.25, -0.2) is 13.1 Å². The largest absolute Gasteiger partial charge is 0.497 e. The van der Waals surface area contributed by atoms with Gasteiger partial charge in [-0.2, -0.15) is 13.2 Å². The van der Waals surface area contributed by atoms with E-state index in [1.165, 1.54) is 37.4 Å². The number of rotatable bonds is 8. The second-order valence-electron chi connectivity index (χ2n) is 8.38. The van der Waals surface area contributed by atoms with Crippen LogP contribution in [0.25, 0.3) is 22.0 Å². The number of fused-ring (bicyclic) bond motifs is 1. The maximum absolute atomic E-state index is 13.2. The van der Waals surface area contributed by atoms with E-state index in [9.17, 15) is 36.3 Å². The van der Waals surface area contributed by atoms with Crippen LogP contribution in [0.15, 0.2) is 70.4 Å². The SMILES string of the molecule is COc1ccc2nnn(CCC(C(=O)O)S(=O)(=O)c3ccc(-c4ccc(Cl)c(C(F)(F)F)c4)cc3)c(=O)c2c1. The van der Waals surface area contributed by atoms with Gasteiger partial charge in [-0.1, -0.05) is 35.0 Å². The zero-order valence-corrected chi connectivity index (χ0v) is 21.6. The summed E-state index contributed by atoms with van der Waals surface area (Å²) in [6.45, 7) is -0.363. The quantitative estimate of drug-likeness (QED) is 0.323. The van der Waals surface area contributed by atoms with Crippen LogP contribution in [0.4, 0.5) is 13.2 Å². The Hall–Kier alpha value is -3.97. The molecular weight excluding hydrogens is 563 g/mol. The van der Waals surface area contributed by atoms with Crippen molar-refractivity contribution in [2.45, 2.75) is 29.3 Å². The second-order valence-corrected chi connectivity index (χ2v) is 10.9. The highest BCUT2D eigenvalue weighted by molar-refractivity contribution is 7.92. The van der Waals surface area contributed by atoms with Gasteiger partial charge in [0.25, 0.3) is 5.56 Å². The molecule has 0 saturated carbocycles. The summed E-state index contributed by atoms with van der Waals surface area (Å²) < 4.78 is 71.9. The molecule has 1 unspecified atom stereocenters. The molecule has 14 heteroatoms. The first-order valence-corrected chi connectivity index (χ1v) is 13.1. The highest BCUT2D eigenvalue weighted by Crippen LogP contribution is 2.37. The molecule has 0 aliphatic heterocycles. The highest BCUT2D eigenvalue weighted by atomic mass is 35.5. The van der Waals surface area contributed by atoms with Crippen molar-refractivity contribution in [1.29, 1.82) is 0 Å². The van der Waals surface area contributed by atoms with E-state index in [4.69, 9.17) is 16.3 Å². The van der Waals surface area contributed by atoms with Gasteiger partial charge in [-0.3, -0.25) is 9.59 Å². The number of carbonyl (C=O) groups is 1.